The fourth-order valence-electron chi connectivity index (χ4n) is 2.70. The van der Waals surface area contributed by atoms with Crippen LogP contribution >= 0.6 is 0 Å². The summed E-state index contributed by atoms with van der Waals surface area (Å²) < 4.78 is 0. The van der Waals surface area contributed by atoms with Crippen molar-refractivity contribution in [3.63, 3.8) is 0 Å². The molecule has 1 saturated carbocycles. The van der Waals surface area contributed by atoms with Crippen molar-refractivity contribution in [3.05, 3.63) is 59.7 Å². The molecule has 0 aliphatic heterocycles. The smallest absolute Gasteiger partial charge is 0.319 e. The summed E-state index contributed by atoms with van der Waals surface area (Å²) in [5, 5.41) is 11.9. The van der Waals surface area contributed by atoms with E-state index in [1.807, 2.05) is 36.4 Å². The van der Waals surface area contributed by atoms with E-state index in [1.54, 1.807) is 0 Å². The maximum Gasteiger partial charge on any atom is 0.319 e. The second-order valence-corrected chi connectivity index (χ2v) is 6.14. The molecular weight excluding hydrogens is 290 g/mol. The lowest BCUT2D eigenvalue weighted by molar-refractivity contribution is -0.149. The predicted octanol–water partition coefficient (Wildman–Crippen LogP) is 3.14. The lowest BCUT2D eigenvalue weighted by atomic mass is 10.0. The van der Waals surface area contributed by atoms with Gasteiger partial charge in [-0.1, -0.05) is 48.0 Å². The third-order valence-electron chi connectivity index (χ3n) is 4.33. The molecule has 23 heavy (non-hydrogen) atoms. The molecule has 0 heterocycles. The zero-order valence-corrected chi connectivity index (χ0v) is 13.0. The standard InChI is InChI=1S/C19H19NO3/c1-13-4-2-6-15(10-13)16-7-3-5-14(11-16)12-20-17(21)19(8-9-19)18(22)23/h2-7,10-11H,8-9,12H2,1H3,(H,20,21)(H,22,23). The van der Waals surface area contributed by atoms with E-state index in [9.17, 15) is 9.59 Å². The highest BCUT2D eigenvalue weighted by Crippen LogP contribution is 2.46. The number of hydrogen-bond donors (Lipinski definition) is 2. The van der Waals surface area contributed by atoms with Gasteiger partial charge >= 0.3 is 5.97 Å². The normalized spacial score (nSPS) is 15.0. The molecule has 4 heteroatoms. The first-order chi connectivity index (χ1) is 11.0. The molecule has 1 aliphatic carbocycles. The van der Waals surface area contributed by atoms with Crippen LogP contribution < -0.4 is 5.32 Å². The van der Waals surface area contributed by atoms with Gasteiger partial charge in [0.05, 0.1) is 0 Å². The average molecular weight is 309 g/mol. The summed E-state index contributed by atoms with van der Waals surface area (Å²) in [6, 6.07) is 16.2. The Labute approximate surface area is 135 Å². The number of amides is 1. The molecule has 1 aliphatic rings. The number of carbonyl (C=O) groups is 2. The number of carbonyl (C=O) groups excluding carboxylic acids is 1. The summed E-state index contributed by atoms with van der Waals surface area (Å²) >= 11 is 0. The number of benzene rings is 2. The van der Waals surface area contributed by atoms with E-state index >= 15 is 0 Å². The van der Waals surface area contributed by atoms with Crippen LogP contribution in [0.1, 0.15) is 24.0 Å². The largest absolute Gasteiger partial charge is 0.480 e. The Hall–Kier alpha value is -2.62. The number of nitrogens with one attached hydrogen (secondary N) is 1. The van der Waals surface area contributed by atoms with E-state index in [1.165, 1.54) is 5.56 Å². The molecular formula is C19H19NO3. The van der Waals surface area contributed by atoms with Crippen LogP contribution in [0.3, 0.4) is 0 Å². The molecule has 0 bridgehead atoms. The number of aryl methyl sites for hydroxylation is 1. The zero-order chi connectivity index (χ0) is 16.4. The number of hydrogen-bond acceptors (Lipinski definition) is 2. The highest BCUT2D eigenvalue weighted by Gasteiger charge is 2.56. The molecule has 3 rings (SSSR count). The summed E-state index contributed by atoms with van der Waals surface area (Å²) in [6.45, 7) is 2.39. The van der Waals surface area contributed by atoms with Gasteiger partial charge in [0.1, 0.15) is 5.41 Å². The Morgan fingerprint density at radius 2 is 1.74 bits per heavy atom. The molecule has 1 amide bonds. The first kappa shape index (κ1) is 15.3. The lowest BCUT2D eigenvalue weighted by Crippen LogP contribution is -2.36. The first-order valence-corrected chi connectivity index (χ1v) is 7.69. The molecule has 0 spiro atoms. The summed E-state index contributed by atoms with van der Waals surface area (Å²) in [7, 11) is 0. The minimum atomic E-state index is -1.19. The number of aliphatic carboxylic acids is 1. The second-order valence-electron chi connectivity index (χ2n) is 6.14. The molecule has 2 aromatic carbocycles. The summed E-state index contributed by atoms with van der Waals surface area (Å²) in [4.78, 5) is 23.2. The topological polar surface area (TPSA) is 66.4 Å². The SMILES string of the molecule is Cc1cccc(-c2cccc(CNC(=O)C3(C(=O)O)CC3)c2)c1. The van der Waals surface area contributed by atoms with Crippen LogP contribution in [0.4, 0.5) is 0 Å². The van der Waals surface area contributed by atoms with Crippen LogP contribution in [0.25, 0.3) is 11.1 Å². The van der Waals surface area contributed by atoms with E-state index in [2.05, 4.69) is 24.4 Å². The van der Waals surface area contributed by atoms with E-state index < -0.39 is 11.4 Å². The Bertz CT molecular complexity index is 763. The zero-order valence-electron chi connectivity index (χ0n) is 13.0. The van der Waals surface area contributed by atoms with Gasteiger partial charge < -0.3 is 10.4 Å². The summed E-state index contributed by atoms with van der Waals surface area (Å²) in [5.41, 5.74) is 3.17. The maximum atomic E-state index is 12.0. The van der Waals surface area contributed by atoms with Crippen LogP contribution in [-0.4, -0.2) is 17.0 Å². The van der Waals surface area contributed by atoms with E-state index in [-0.39, 0.29) is 5.91 Å². The third kappa shape index (κ3) is 3.11. The minimum Gasteiger partial charge on any atom is -0.480 e. The number of carboxylic acids is 1. The van der Waals surface area contributed by atoms with Crippen molar-refractivity contribution in [1.29, 1.82) is 0 Å². The average Bonchev–Trinajstić information content (AvgIpc) is 3.35. The van der Waals surface area contributed by atoms with Gasteiger partial charge in [-0.15, -0.1) is 0 Å². The fraction of sp³-hybridized carbons (Fsp3) is 0.263. The fourth-order valence-corrected chi connectivity index (χ4v) is 2.70. The molecule has 1 fully saturated rings. The van der Waals surface area contributed by atoms with Gasteiger partial charge in [-0.2, -0.15) is 0 Å². The van der Waals surface area contributed by atoms with Crippen molar-refractivity contribution in [2.75, 3.05) is 0 Å². The second kappa shape index (κ2) is 5.88. The minimum absolute atomic E-state index is 0.341. The van der Waals surface area contributed by atoms with E-state index in [0.717, 1.165) is 16.7 Å². The Morgan fingerprint density at radius 3 is 2.35 bits per heavy atom. The highest BCUT2D eigenvalue weighted by atomic mass is 16.4. The highest BCUT2D eigenvalue weighted by molar-refractivity contribution is 6.04. The van der Waals surface area contributed by atoms with Crippen molar-refractivity contribution in [3.8, 4) is 11.1 Å². The lowest BCUT2D eigenvalue weighted by Gasteiger charge is -2.11. The van der Waals surface area contributed by atoms with Crippen molar-refractivity contribution in [1.82, 2.24) is 5.32 Å². The Kier molecular flexibility index (Phi) is 3.90. The van der Waals surface area contributed by atoms with Crippen molar-refractivity contribution >= 4 is 11.9 Å². The summed E-state index contributed by atoms with van der Waals surface area (Å²) in [6.07, 6.45) is 0.856. The van der Waals surface area contributed by atoms with Gasteiger partial charge in [-0.05, 0) is 42.5 Å². The van der Waals surface area contributed by atoms with Gasteiger partial charge in [-0.3, -0.25) is 9.59 Å². The molecule has 0 radical (unpaired) electrons. The molecule has 0 unspecified atom stereocenters. The van der Waals surface area contributed by atoms with Gasteiger partial charge in [0.25, 0.3) is 0 Å². The third-order valence-corrected chi connectivity index (χ3v) is 4.33. The molecule has 0 saturated heterocycles. The summed E-state index contributed by atoms with van der Waals surface area (Å²) in [5.74, 6) is -1.41. The van der Waals surface area contributed by atoms with Gasteiger partial charge in [-0.25, -0.2) is 0 Å². The van der Waals surface area contributed by atoms with Crippen molar-refractivity contribution in [2.24, 2.45) is 5.41 Å². The van der Waals surface area contributed by atoms with Crippen LogP contribution in [0.15, 0.2) is 48.5 Å². The molecule has 2 aromatic rings. The first-order valence-electron chi connectivity index (χ1n) is 7.69. The van der Waals surface area contributed by atoms with Crippen LogP contribution in [0, 0.1) is 12.3 Å². The number of carboxylic acid groups (broad SMARTS) is 1. The quantitative estimate of drug-likeness (QED) is 0.834. The Morgan fingerprint density at radius 1 is 1.09 bits per heavy atom. The monoisotopic (exact) mass is 309 g/mol. The van der Waals surface area contributed by atoms with Gasteiger partial charge in [0.15, 0.2) is 0 Å². The van der Waals surface area contributed by atoms with Crippen LogP contribution in [-0.2, 0) is 16.1 Å². The number of rotatable bonds is 5. The molecule has 118 valence electrons. The van der Waals surface area contributed by atoms with Gasteiger partial charge in [0.2, 0.25) is 5.91 Å². The van der Waals surface area contributed by atoms with Crippen LogP contribution in [0.5, 0.6) is 0 Å². The predicted molar refractivity (Wildman–Crippen MR) is 87.8 cm³/mol. The molecule has 4 nitrogen and oxygen atoms in total. The molecule has 0 atom stereocenters. The van der Waals surface area contributed by atoms with E-state index in [4.69, 9.17) is 5.11 Å². The van der Waals surface area contributed by atoms with Gasteiger partial charge in [0, 0.05) is 6.54 Å². The molecule has 0 aromatic heterocycles. The van der Waals surface area contributed by atoms with E-state index in [0.29, 0.717) is 19.4 Å². The Balaban J connectivity index is 1.71. The van der Waals surface area contributed by atoms with Crippen LogP contribution in [0.2, 0.25) is 0 Å². The van der Waals surface area contributed by atoms with Crippen molar-refractivity contribution < 1.29 is 14.7 Å². The maximum absolute atomic E-state index is 12.0. The molecule has 2 N–H and O–H groups in total. The van der Waals surface area contributed by atoms with Crippen molar-refractivity contribution in [2.45, 2.75) is 26.3 Å².